The number of nitrogens with zero attached hydrogens (tertiary/aromatic N) is 2. The Morgan fingerprint density at radius 3 is 2.70 bits per heavy atom. The minimum atomic E-state index is 0.00556. The number of nitrogens with one attached hydrogen (secondary N) is 2. The maximum Gasteiger partial charge on any atom is 0.320 e. The molecule has 5 nitrogen and oxygen atoms in total. The number of hydrogen-bond donors (Lipinski definition) is 2. The van der Waals surface area contributed by atoms with E-state index in [1.807, 2.05) is 25.1 Å². The molecule has 0 bridgehead atoms. The summed E-state index contributed by atoms with van der Waals surface area (Å²) in [6, 6.07) is 5.99. The Bertz CT molecular complexity index is 589. The highest BCUT2D eigenvalue weighted by molar-refractivity contribution is 6.31. The van der Waals surface area contributed by atoms with Crippen LogP contribution in [0.2, 0.25) is 5.02 Å². The average molecular weight is 295 g/mol. The Balaban J connectivity index is 2.04. The van der Waals surface area contributed by atoms with Crippen molar-refractivity contribution >= 4 is 23.3 Å². The standard InChI is InChI=1S/C14H19ClN4O/c1-9-10(15)6-5-7-11(9)17-13-19-18-12(20-13)8-16-14(2,3)4/h5-7,16H,8H2,1-4H3,(H,17,19). The second kappa shape index (κ2) is 5.81. The maximum atomic E-state index is 6.07. The molecule has 2 N–H and O–H groups in total. The molecule has 0 radical (unpaired) electrons. The van der Waals surface area contributed by atoms with Crippen molar-refractivity contribution in [1.82, 2.24) is 15.5 Å². The van der Waals surface area contributed by atoms with Gasteiger partial charge in [0.1, 0.15) is 0 Å². The van der Waals surface area contributed by atoms with Crippen molar-refractivity contribution in [1.29, 1.82) is 0 Å². The molecule has 0 aliphatic carbocycles. The summed E-state index contributed by atoms with van der Waals surface area (Å²) in [5.74, 6) is 0.544. The number of hydrogen-bond acceptors (Lipinski definition) is 5. The van der Waals surface area contributed by atoms with Crippen molar-refractivity contribution in [3.8, 4) is 0 Å². The van der Waals surface area contributed by atoms with Crippen molar-refractivity contribution in [2.45, 2.75) is 39.8 Å². The van der Waals surface area contributed by atoms with Crippen molar-refractivity contribution in [2.24, 2.45) is 0 Å². The van der Waals surface area contributed by atoms with E-state index in [0.29, 0.717) is 23.5 Å². The van der Waals surface area contributed by atoms with Crippen LogP contribution < -0.4 is 10.6 Å². The molecule has 108 valence electrons. The van der Waals surface area contributed by atoms with Crippen LogP contribution in [0.15, 0.2) is 22.6 Å². The molecule has 1 aromatic heterocycles. The molecule has 0 fully saturated rings. The van der Waals surface area contributed by atoms with E-state index in [-0.39, 0.29) is 5.54 Å². The molecule has 20 heavy (non-hydrogen) atoms. The Labute approximate surface area is 123 Å². The van der Waals surface area contributed by atoms with Crippen LogP contribution in [0.4, 0.5) is 11.7 Å². The molecule has 0 atom stereocenters. The molecule has 0 saturated heterocycles. The molecular weight excluding hydrogens is 276 g/mol. The third-order valence-electron chi connectivity index (χ3n) is 2.75. The average Bonchev–Trinajstić information content (AvgIpc) is 2.80. The summed E-state index contributed by atoms with van der Waals surface area (Å²) in [4.78, 5) is 0. The van der Waals surface area contributed by atoms with Gasteiger partial charge in [-0.25, -0.2) is 0 Å². The number of aromatic nitrogens is 2. The van der Waals surface area contributed by atoms with Crippen LogP contribution >= 0.6 is 11.6 Å². The Morgan fingerprint density at radius 1 is 1.25 bits per heavy atom. The van der Waals surface area contributed by atoms with Crippen LogP contribution in [0.1, 0.15) is 32.2 Å². The number of halogens is 1. The number of rotatable bonds is 4. The SMILES string of the molecule is Cc1c(Cl)cccc1Nc1nnc(CNC(C)(C)C)o1. The predicted molar refractivity (Wildman–Crippen MR) is 80.4 cm³/mol. The first-order valence-corrected chi connectivity index (χ1v) is 6.82. The number of benzene rings is 1. The fourth-order valence-electron chi connectivity index (χ4n) is 1.57. The quantitative estimate of drug-likeness (QED) is 0.901. The first-order chi connectivity index (χ1) is 9.35. The second-order valence-electron chi connectivity index (χ2n) is 5.64. The van der Waals surface area contributed by atoms with E-state index in [2.05, 4.69) is 41.6 Å². The van der Waals surface area contributed by atoms with Gasteiger partial charge < -0.3 is 15.1 Å². The zero-order valence-electron chi connectivity index (χ0n) is 12.1. The fraction of sp³-hybridized carbons (Fsp3) is 0.429. The summed E-state index contributed by atoms with van der Waals surface area (Å²) in [6.07, 6.45) is 0. The second-order valence-corrected chi connectivity index (χ2v) is 6.05. The normalized spacial score (nSPS) is 11.7. The van der Waals surface area contributed by atoms with Gasteiger partial charge in [-0.1, -0.05) is 22.8 Å². The van der Waals surface area contributed by atoms with E-state index >= 15 is 0 Å². The molecule has 2 rings (SSSR count). The van der Waals surface area contributed by atoms with Gasteiger partial charge in [0.25, 0.3) is 0 Å². The lowest BCUT2D eigenvalue weighted by molar-refractivity contribution is 0.384. The lowest BCUT2D eigenvalue weighted by Crippen LogP contribution is -2.35. The third kappa shape index (κ3) is 3.95. The molecular formula is C14H19ClN4O. The smallest absolute Gasteiger partial charge is 0.320 e. The van der Waals surface area contributed by atoms with Crippen LogP contribution in [-0.4, -0.2) is 15.7 Å². The largest absolute Gasteiger partial charge is 0.406 e. The molecule has 0 saturated carbocycles. The van der Waals surface area contributed by atoms with Gasteiger partial charge in [-0.15, -0.1) is 5.10 Å². The van der Waals surface area contributed by atoms with Gasteiger partial charge in [0.15, 0.2) is 0 Å². The van der Waals surface area contributed by atoms with E-state index in [1.54, 1.807) is 0 Å². The van der Waals surface area contributed by atoms with Gasteiger partial charge >= 0.3 is 6.01 Å². The highest BCUT2D eigenvalue weighted by Crippen LogP contribution is 2.25. The predicted octanol–water partition coefficient (Wildman–Crippen LogP) is 3.66. The maximum absolute atomic E-state index is 6.07. The molecule has 2 aromatic rings. The summed E-state index contributed by atoms with van der Waals surface area (Å²) in [5, 5.41) is 15.0. The van der Waals surface area contributed by atoms with E-state index < -0.39 is 0 Å². The molecule has 1 heterocycles. The monoisotopic (exact) mass is 294 g/mol. The van der Waals surface area contributed by atoms with Gasteiger partial charge in [-0.2, -0.15) is 0 Å². The molecule has 1 aromatic carbocycles. The van der Waals surface area contributed by atoms with Crippen LogP contribution in [0.3, 0.4) is 0 Å². The van der Waals surface area contributed by atoms with Gasteiger partial charge in [-0.05, 0) is 45.4 Å². The zero-order valence-corrected chi connectivity index (χ0v) is 12.9. The molecule has 0 aliphatic heterocycles. The lowest BCUT2D eigenvalue weighted by Gasteiger charge is -2.18. The third-order valence-corrected chi connectivity index (χ3v) is 3.16. The van der Waals surface area contributed by atoms with Crippen molar-refractivity contribution in [3.05, 3.63) is 34.7 Å². The van der Waals surface area contributed by atoms with E-state index in [9.17, 15) is 0 Å². The fourth-order valence-corrected chi connectivity index (χ4v) is 1.75. The van der Waals surface area contributed by atoms with Gasteiger partial charge in [0.05, 0.1) is 6.54 Å². The first-order valence-electron chi connectivity index (χ1n) is 6.45. The summed E-state index contributed by atoms with van der Waals surface area (Å²) in [6.45, 7) is 8.71. The highest BCUT2D eigenvalue weighted by Gasteiger charge is 2.12. The number of anilines is 2. The lowest BCUT2D eigenvalue weighted by atomic mass is 10.1. The van der Waals surface area contributed by atoms with E-state index in [1.165, 1.54) is 0 Å². The van der Waals surface area contributed by atoms with Crippen molar-refractivity contribution < 1.29 is 4.42 Å². The van der Waals surface area contributed by atoms with Crippen molar-refractivity contribution in [2.75, 3.05) is 5.32 Å². The topological polar surface area (TPSA) is 63.0 Å². The molecule has 0 amide bonds. The molecule has 6 heteroatoms. The summed E-state index contributed by atoms with van der Waals surface area (Å²) >= 11 is 6.07. The Hall–Kier alpha value is -1.59. The van der Waals surface area contributed by atoms with Crippen LogP contribution in [-0.2, 0) is 6.54 Å². The Morgan fingerprint density at radius 2 is 2.00 bits per heavy atom. The van der Waals surface area contributed by atoms with Crippen LogP contribution in [0.5, 0.6) is 0 Å². The van der Waals surface area contributed by atoms with Gasteiger partial charge in [0, 0.05) is 16.2 Å². The molecule has 0 spiro atoms. The molecule has 0 aliphatic rings. The Kier molecular flexibility index (Phi) is 4.30. The highest BCUT2D eigenvalue weighted by atomic mass is 35.5. The molecule has 0 unspecified atom stereocenters. The summed E-state index contributed by atoms with van der Waals surface area (Å²) in [7, 11) is 0. The zero-order chi connectivity index (χ0) is 14.8. The summed E-state index contributed by atoms with van der Waals surface area (Å²) < 4.78 is 5.54. The van der Waals surface area contributed by atoms with Crippen LogP contribution in [0, 0.1) is 6.92 Å². The minimum absolute atomic E-state index is 0.00556. The van der Waals surface area contributed by atoms with Crippen molar-refractivity contribution in [3.63, 3.8) is 0 Å². The van der Waals surface area contributed by atoms with Gasteiger partial charge in [-0.3, -0.25) is 0 Å². The van der Waals surface area contributed by atoms with E-state index in [4.69, 9.17) is 16.0 Å². The van der Waals surface area contributed by atoms with Gasteiger partial charge in [0.2, 0.25) is 5.89 Å². The first kappa shape index (κ1) is 14.8. The van der Waals surface area contributed by atoms with E-state index in [0.717, 1.165) is 11.3 Å². The minimum Gasteiger partial charge on any atom is -0.406 e. The summed E-state index contributed by atoms with van der Waals surface area (Å²) in [5.41, 5.74) is 1.81. The van der Waals surface area contributed by atoms with Crippen LogP contribution in [0.25, 0.3) is 0 Å².